The Morgan fingerprint density at radius 1 is 0.947 bits per heavy atom. The molecule has 3 nitrogen and oxygen atoms in total. The van der Waals surface area contributed by atoms with E-state index in [1.807, 2.05) is 0 Å². The van der Waals surface area contributed by atoms with Crippen molar-refractivity contribution in [3.8, 4) is 0 Å². The second-order valence-corrected chi connectivity index (χ2v) is 9.65. The van der Waals surface area contributed by atoms with Crippen LogP contribution < -0.4 is 0 Å². The standard InChI is InChI=1S/C15H26O3S/c1-15(2,3)13-6-4-11(5-7-13)14(16)12-8-9-19(17,18)10-12/h11-13H,4-10H2,1-3H3. The van der Waals surface area contributed by atoms with Gasteiger partial charge < -0.3 is 0 Å². The summed E-state index contributed by atoms with van der Waals surface area (Å²) in [6, 6.07) is 0. The fourth-order valence-electron chi connectivity index (χ4n) is 3.60. The van der Waals surface area contributed by atoms with E-state index in [0.29, 0.717) is 17.8 Å². The number of sulfone groups is 1. The maximum Gasteiger partial charge on any atom is 0.151 e. The van der Waals surface area contributed by atoms with Crippen LogP contribution in [0, 0.1) is 23.2 Å². The average molecular weight is 286 g/mol. The van der Waals surface area contributed by atoms with Crippen LogP contribution >= 0.6 is 0 Å². The average Bonchev–Trinajstić information content (AvgIpc) is 2.68. The van der Waals surface area contributed by atoms with Crippen molar-refractivity contribution in [3.05, 3.63) is 0 Å². The van der Waals surface area contributed by atoms with Gasteiger partial charge in [0.15, 0.2) is 9.84 Å². The summed E-state index contributed by atoms with van der Waals surface area (Å²) in [5, 5.41) is 0. The van der Waals surface area contributed by atoms with Crippen LogP contribution in [0.4, 0.5) is 0 Å². The van der Waals surface area contributed by atoms with Crippen LogP contribution in [0.2, 0.25) is 0 Å². The van der Waals surface area contributed by atoms with E-state index in [4.69, 9.17) is 0 Å². The van der Waals surface area contributed by atoms with Crippen molar-refractivity contribution in [1.29, 1.82) is 0 Å². The molecule has 0 amide bonds. The maximum atomic E-state index is 12.4. The zero-order valence-electron chi connectivity index (χ0n) is 12.3. The quantitative estimate of drug-likeness (QED) is 0.784. The molecular weight excluding hydrogens is 260 g/mol. The van der Waals surface area contributed by atoms with E-state index in [9.17, 15) is 13.2 Å². The van der Waals surface area contributed by atoms with E-state index in [-0.39, 0.29) is 29.1 Å². The molecule has 0 aromatic heterocycles. The Morgan fingerprint density at radius 2 is 1.53 bits per heavy atom. The van der Waals surface area contributed by atoms with Gasteiger partial charge in [0.05, 0.1) is 11.5 Å². The highest BCUT2D eigenvalue weighted by Crippen LogP contribution is 2.41. The zero-order chi connectivity index (χ0) is 14.3. The van der Waals surface area contributed by atoms with Gasteiger partial charge in [-0.25, -0.2) is 8.42 Å². The van der Waals surface area contributed by atoms with Crippen LogP contribution in [-0.4, -0.2) is 25.7 Å². The maximum absolute atomic E-state index is 12.4. The fourth-order valence-corrected chi connectivity index (χ4v) is 5.35. The van der Waals surface area contributed by atoms with Gasteiger partial charge >= 0.3 is 0 Å². The first-order valence-corrected chi connectivity index (χ1v) is 9.25. The molecule has 0 bridgehead atoms. The predicted octanol–water partition coefficient (Wildman–Crippen LogP) is 2.84. The molecule has 2 aliphatic rings. The molecule has 1 saturated heterocycles. The predicted molar refractivity (Wildman–Crippen MR) is 76.7 cm³/mol. The lowest BCUT2D eigenvalue weighted by atomic mass is 9.68. The van der Waals surface area contributed by atoms with Crippen LogP contribution in [0.25, 0.3) is 0 Å². The summed E-state index contributed by atoms with van der Waals surface area (Å²) in [5.74, 6) is 1.15. The van der Waals surface area contributed by atoms with Gasteiger partial charge in [-0.3, -0.25) is 4.79 Å². The Balaban J connectivity index is 1.90. The van der Waals surface area contributed by atoms with Crippen LogP contribution in [0.15, 0.2) is 0 Å². The Morgan fingerprint density at radius 3 is 1.95 bits per heavy atom. The smallest absolute Gasteiger partial charge is 0.151 e. The second kappa shape index (κ2) is 5.19. The third kappa shape index (κ3) is 3.59. The highest BCUT2D eigenvalue weighted by Gasteiger charge is 2.38. The first-order valence-electron chi connectivity index (χ1n) is 7.43. The van der Waals surface area contributed by atoms with Crippen LogP contribution in [0.1, 0.15) is 52.9 Å². The topological polar surface area (TPSA) is 51.2 Å². The van der Waals surface area contributed by atoms with Gasteiger partial charge in [0, 0.05) is 11.8 Å². The van der Waals surface area contributed by atoms with E-state index < -0.39 is 9.84 Å². The normalized spacial score (nSPS) is 35.2. The lowest BCUT2D eigenvalue weighted by molar-refractivity contribution is -0.127. The van der Waals surface area contributed by atoms with Crippen molar-refractivity contribution < 1.29 is 13.2 Å². The molecule has 110 valence electrons. The molecule has 0 spiro atoms. The van der Waals surface area contributed by atoms with E-state index in [0.717, 1.165) is 25.7 Å². The molecule has 4 heteroatoms. The third-order valence-corrected chi connectivity index (χ3v) is 6.76. The van der Waals surface area contributed by atoms with Gasteiger partial charge in [-0.05, 0) is 43.4 Å². The van der Waals surface area contributed by atoms with Gasteiger partial charge in [0.2, 0.25) is 0 Å². The van der Waals surface area contributed by atoms with Crippen LogP contribution in [-0.2, 0) is 14.6 Å². The Kier molecular flexibility index (Phi) is 4.10. The summed E-state index contributed by atoms with van der Waals surface area (Å²) in [6.45, 7) is 6.80. The summed E-state index contributed by atoms with van der Waals surface area (Å²) in [6.07, 6.45) is 4.69. The molecule has 2 fully saturated rings. The number of ketones is 1. The molecule has 1 aliphatic carbocycles. The summed E-state index contributed by atoms with van der Waals surface area (Å²) in [7, 11) is -2.93. The van der Waals surface area contributed by atoms with Crippen molar-refractivity contribution in [3.63, 3.8) is 0 Å². The summed E-state index contributed by atoms with van der Waals surface area (Å²) in [4.78, 5) is 12.4. The Labute approximate surface area is 117 Å². The summed E-state index contributed by atoms with van der Waals surface area (Å²) >= 11 is 0. The molecule has 0 aromatic carbocycles. The van der Waals surface area contributed by atoms with Crippen molar-refractivity contribution in [2.75, 3.05) is 11.5 Å². The molecule has 1 aliphatic heterocycles. The van der Waals surface area contributed by atoms with E-state index in [1.165, 1.54) is 0 Å². The fraction of sp³-hybridized carbons (Fsp3) is 0.933. The summed E-state index contributed by atoms with van der Waals surface area (Å²) in [5.41, 5.74) is 0.324. The molecular formula is C15H26O3S. The van der Waals surface area contributed by atoms with Crippen LogP contribution in [0.3, 0.4) is 0 Å². The molecule has 19 heavy (non-hydrogen) atoms. The minimum absolute atomic E-state index is 0.102. The highest BCUT2D eigenvalue weighted by atomic mass is 32.2. The second-order valence-electron chi connectivity index (χ2n) is 7.42. The first kappa shape index (κ1) is 15.0. The molecule has 0 radical (unpaired) electrons. The summed E-state index contributed by atoms with van der Waals surface area (Å²) < 4.78 is 22.9. The Bertz CT molecular complexity index is 437. The van der Waals surface area contributed by atoms with Crippen molar-refractivity contribution in [2.45, 2.75) is 52.9 Å². The number of carbonyl (C=O) groups is 1. The van der Waals surface area contributed by atoms with Gasteiger partial charge in [-0.2, -0.15) is 0 Å². The lowest BCUT2D eigenvalue weighted by Crippen LogP contribution is -2.32. The molecule has 1 heterocycles. The zero-order valence-corrected chi connectivity index (χ0v) is 13.1. The van der Waals surface area contributed by atoms with Gasteiger partial charge in [0.1, 0.15) is 5.78 Å². The number of hydrogen-bond donors (Lipinski definition) is 0. The first-order chi connectivity index (χ1) is 8.69. The van der Waals surface area contributed by atoms with E-state index >= 15 is 0 Å². The van der Waals surface area contributed by atoms with E-state index in [2.05, 4.69) is 20.8 Å². The minimum Gasteiger partial charge on any atom is -0.299 e. The van der Waals surface area contributed by atoms with Gasteiger partial charge in [-0.1, -0.05) is 20.8 Å². The number of rotatable bonds is 2. The molecule has 1 atom stereocenters. The number of hydrogen-bond acceptors (Lipinski definition) is 3. The SMILES string of the molecule is CC(C)(C)C1CCC(C(=O)C2CCS(=O)(=O)C2)CC1. The molecule has 1 unspecified atom stereocenters. The number of carbonyl (C=O) groups excluding carboxylic acids is 1. The minimum atomic E-state index is -2.93. The van der Waals surface area contributed by atoms with Crippen LogP contribution in [0.5, 0.6) is 0 Å². The van der Waals surface area contributed by atoms with E-state index in [1.54, 1.807) is 0 Å². The lowest BCUT2D eigenvalue weighted by Gasteiger charge is -2.37. The van der Waals surface area contributed by atoms with Gasteiger partial charge in [0.25, 0.3) is 0 Å². The Hall–Kier alpha value is -0.380. The van der Waals surface area contributed by atoms with Crippen molar-refractivity contribution >= 4 is 15.6 Å². The van der Waals surface area contributed by atoms with Crippen molar-refractivity contribution in [2.24, 2.45) is 23.2 Å². The van der Waals surface area contributed by atoms with Crippen molar-refractivity contribution in [1.82, 2.24) is 0 Å². The molecule has 0 aromatic rings. The number of Topliss-reactive ketones (excluding diaryl/α,β-unsaturated/α-hetero) is 1. The van der Waals surface area contributed by atoms with Gasteiger partial charge in [-0.15, -0.1) is 0 Å². The highest BCUT2D eigenvalue weighted by molar-refractivity contribution is 7.91. The third-order valence-electron chi connectivity index (χ3n) is 4.99. The largest absolute Gasteiger partial charge is 0.299 e. The monoisotopic (exact) mass is 286 g/mol. The molecule has 1 saturated carbocycles. The molecule has 0 N–H and O–H groups in total. The molecule has 2 rings (SSSR count).